The summed E-state index contributed by atoms with van der Waals surface area (Å²) in [6.07, 6.45) is -1.87. The molecule has 170 valence electrons. The van der Waals surface area contributed by atoms with Gasteiger partial charge in [0.05, 0.1) is 12.7 Å². The lowest BCUT2D eigenvalue weighted by atomic mass is 10.1. The number of imidazole rings is 1. The Labute approximate surface area is 189 Å². The van der Waals surface area contributed by atoms with Gasteiger partial charge in [-0.25, -0.2) is 9.97 Å². The lowest BCUT2D eigenvalue weighted by molar-refractivity contribution is -0.140. The van der Waals surface area contributed by atoms with Crippen molar-refractivity contribution in [3.05, 3.63) is 53.2 Å². The molecule has 0 N–H and O–H groups in total. The fraction of sp³-hybridized carbons (Fsp3) is 0.409. The van der Waals surface area contributed by atoms with Crippen LogP contribution in [0.4, 0.5) is 19.0 Å². The third-order valence-electron chi connectivity index (χ3n) is 5.13. The molecule has 0 aliphatic carbocycles. The highest BCUT2D eigenvalue weighted by molar-refractivity contribution is 6.28. The van der Waals surface area contributed by atoms with E-state index in [0.29, 0.717) is 30.2 Å². The topological polar surface area (TPSA) is 56.1 Å². The molecule has 0 saturated carbocycles. The molecule has 0 spiro atoms. The zero-order valence-corrected chi connectivity index (χ0v) is 18.9. The van der Waals surface area contributed by atoms with Gasteiger partial charge < -0.3 is 14.2 Å². The van der Waals surface area contributed by atoms with Crippen molar-refractivity contribution in [1.29, 1.82) is 0 Å². The molecular weight excluding hydrogens is 443 g/mol. The smallest absolute Gasteiger partial charge is 0.434 e. The fourth-order valence-electron chi connectivity index (χ4n) is 3.75. The number of rotatable bonds is 4. The predicted molar refractivity (Wildman–Crippen MR) is 116 cm³/mol. The summed E-state index contributed by atoms with van der Waals surface area (Å²) >= 11 is 5.99. The van der Waals surface area contributed by atoms with Crippen molar-refractivity contribution in [3.63, 3.8) is 0 Å². The molecule has 1 aliphatic heterocycles. The quantitative estimate of drug-likeness (QED) is 0.458. The Morgan fingerprint density at radius 2 is 1.84 bits per heavy atom. The van der Waals surface area contributed by atoms with E-state index in [-0.39, 0.29) is 17.1 Å². The first-order chi connectivity index (χ1) is 14.9. The van der Waals surface area contributed by atoms with Crippen molar-refractivity contribution >= 4 is 17.4 Å². The Hall–Kier alpha value is -2.81. The summed E-state index contributed by atoms with van der Waals surface area (Å²) in [5.74, 6) is 1.45. The number of nitrogens with zero attached hydrogens (tertiary/aromatic N) is 5. The molecule has 4 rings (SSSR count). The first-order valence-corrected chi connectivity index (χ1v) is 10.5. The van der Waals surface area contributed by atoms with Crippen LogP contribution in [0.1, 0.15) is 45.0 Å². The van der Waals surface area contributed by atoms with Crippen molar-refractivity contribution in [3.8, 4) is 17.1 Å². The van der Waals surface area contributed by atoms with Gasteiger partial charge in [0, 0.05) is 24.3 Å². The van der Waals surface area contributed by atoms with E-state index in [1.165, 1.54) is 4.57 Å². The van der Waals surface area contributed by atoms with E-state index in [2.05, 4.69) is 19.9 Å². The molecule has 6 nitrogen and oxygen atoms in total. The van der Waals surface area contributed by atoms with Gasteiger partial charge in [0.1, 0.15) is 11.4 Å². The zero-order chi connectivity index (χ0) is 23.3. The SMILES string of the molecule is CC(C)n1cc(C(F)(F)F)nc1-c1ccc(CN2CC(C)(C)Oc3cnc(Cl)nc32)cc1. The maximum atomic E-state index is 13.2. The molecule has 3 aromatic rings. The maximum absolute atomic E-state index is 13.2. The van der Waals surface area contributed by atoms with Crippen molar-refractivity contribution in [2.24, 2.45) is 0 Å². The van der Waals surface area contributed by atoms with Crippen LogP contribution in [0.25, 0.3) is 11.4 Å². The zero-order valence-electron chi connectivity index (χ0n) is 18.1. The molecule has 1 aliphatic rings. The molecule has 32 heavy (non-hydrogen) atoms. The number of aromatic nitrogens is 4. The highest BCUT2D eigenvalue weighted by atomic mass is 35.5. The van der Waals surface area contributed by atoms with Crippen molar-refractivity contribution in [2.75, 3.05) is 11.4 Å². The van der Waals surface area contributed by atoms with Gasteiger partial charge in [-0.05, 0) is 44.9 Å². The van der Waals surface area contributed by atoms with Crippen LogP contribution in [0.3, 0.4) is 0 Å². The summed E-state index contributed by atoms with van der Waals surface area (Å²) in [7, 11) is 0. The van der Waals surface area contributed by atoms with Crippen molar-refractivity contribution < 1.29 is 17.9 Å². The number of ether oxygens (including phenoxy) is 1. The van der Waals surface area contributed by atoms with E-state index >= 15 is 0 Å². The monoisotopic (exact) mass is 465 g/mol. The second-order valence-corrected chi connectivity index (χ2v) is 9.03. The van der Waals surface area contributed by atoms with Crippen LogP contribution in [-0.2, 0) is 12.7 Å². The van der Waals surface area contributed by atoms with E-state index in [1.54, 1.807) is 18.3 Å². The summed E-state index contributed by atoms with van der Waals surface area (Å²) in [6.45, 7) is 8.71. The molecule has 0 unspecified atom stereocenters. The summed E-state index contributed by atoms with van der Waals surface area (Å²) in [5, 5.41) is 0.133. The lowest BCUT2D eigenvalue weighted by Crippen LogP contribution is -2.47. The lowest BCUT2D eigenvalue weighted by Gasteiger charge is -2.39. The van der Waals surface area contributed by atoms with Crippen LogP contribution in [0.15, 0.2) is 36.7 Å². The number of benzene rings is 1. The molecular formula is C22H23ClF3N5O. The molecule has 2 aromatic heterocycles. The first kappa shape index (κ1) is 22.4. The summed E-state index contributed by atoms with van der Waals surface area (Å²) in [4.78, 5) is 14.2. The average Bonchev–Trinajstić information content (AvgIpc) is 3.15. The van der Waals surface area contributed by atoms with Gasteiger partial charge in [0.25, 0.3) is 0 Å². The number of halogens is 4. The second kappa shape index (κ2) is 7.95. The molecule has 0 bridgehead atoms. The van der Waals surface area contributed by atoms with Crippen LogP contribution in [0, 0.1) is 0 Å². The van der Waals surface area contributed by atoms with Crippen LogP contribution >= 0.6 is 11.6 Å². The second-order valence-electron chi connectivity index (χ2n) is 8.69. The minimum Gasteiger partial charge on any atom is -0.480 e. The van der Waals surface area contributed by atoms with E-state index in [0.717, 1.165) is 11.8 Å². The number of hydrogen-bond acceptors (Lipinski definition) is 5. The summed E-state index contributed by atoms with van der Waals surface area (Å²) < 4.78 is 47.1. The van der Waals surface area contributed by atoms with Crippen molar-refractivity contribution in [2.45, 2.75) is 52.1 Å². The van der Waals surface area contributed by atoms with Gasteiger partial charge in [0.15, 0.2) is 17.3 Å². The number of alkyl halides is 3. The summed E-state index contributed by atoms with van der Waals surface area (Å²) in [6, 6.07) is 7.18. The Morgan fingerprint density at radius 3 is 2.47 bits per heavy atom. The average molecular weight is 466 g/mol. The van der Waals surface area contributed by atoms with E-state index < -0.39 is 17.5 Å². The van der Waals surface area contributed by atoms with Gasteiger partial charge in [-0.1, -0.05) is 24.3 Å². The minimum atomic E-state index is -4.49. The van der Waals surface area contributed by atoms with Gasteiger partial charge in [-0.15, -0.1) is 0 Å². The predicted octanol–water partition coefficient (Wildman–Crippen LogP) is 5.77. The van der Waals surface area contributed by atoms with Crippen LogP contribution < -0.4 is 9.64 Å². The molecule has 10 heteroatoms. The minimum absolute atomic E-state index is 0.133. The molecule has 0 saturated heterocycles. The van der Waals surface area contributed by atoms with E-state index in [1.807, 2.05) is 39.8 Å². The van der Waals surface area contributed by atoms with Crippen molar-refractivity contribution in [1.82, 2.24) is 19.5 Å². The van der Waals surface area contributed by atoms with Gasteiger partial charge in [0.2, 0.25) is 5.28 Å². The van der Waals surface area contributed by atoms with Crippen LogP contribution in [0.2, 0.25) is 5.28 Å². The van der Waals surface area contributed by atoms with Crippen LogP contribution in [0.5, 0.6) is 5.75 Å². The molecule has 0 amide bonds. The highest BCUT2D eigenvalue weighted by Gasteiger charge is 2.35. The Balaban J connectivity index is 1.62. The van der Waals surface area contributed by atoms with Gasteiger partial charge in [-0.3, -0.25) is 0 Å². The normalized spacial score (nSPS) is 15.6. The molecule has 0 atom stereocenters. The Bertz CT molecular complexity index is 1130. The van der Waals surface area contributed by atoms with Crippen LogP contribution in [-0.4, -0.2) is 31.7 Å². The third kappa shape index (κ3) is 4.53. The van der Waals surface area contributed by atoms with E-state index in [4.69, 9.17) is 16.3 Å². The highest BCUT2D eigenvalue weighted by Crippen LogP contribution is 2.37. The molecule has 0 fully saturated rings. The standard InChI is InChI=1S/C22H23ClF3N5O/c1-13(2)31-11-17(22(24,25)26)28-18(31)15-7-5-14(6-8-15)10-30-12-21(3,4)32-16-9-27-20(23)29-19(16)30/h5-9,11,13H,10,12H2,1-4H3. The number of fused-ring (bicyclic) bond motifs is 1. The Morgan fingerprint density at radius 1 is 1.16 bits per heavy atom. The number of hydrogen-bond donors (Lipinski definition) is 0. The number of anilines is 1. The Kier molecular flexibility index (Phi) is 5.56. The molecule has 1 aromatic carbocycles. The maximum Gasteiger partial charge on any atom is 0.434 e. The van der Waals surface area contributed by atoms with E-state index in [9.17, 15) is 13.2 Å². The summed E-state index contributed by atoms with van der Waals surface area (Å²) in [5.41, 5.74) is 0.242. The third-order valence-corrected chi connectivity index (χ3v) is 5.31. The molecule has 3 heterocycles. The molecule has 0 radical (unpaired) electrons. The first-order valence-electron chi connectivity index (χ1n) is 10.1. The van der Waals surface area contributed by atoms with Gasteiger partial charge in [-0.2, -0.15) is 18.2 Å². The fourth-order valence-corrected chi connectivity index (χ4v) is 3.88. The van der Waals surface area contributed by atoms with Gasteiger partial charge >= 0.3 is 6.18 Å². The largest absolute Gasteiger partial charge is 0.480 e.